The Morgan fingerprint density at radius 3 is 2.59 bits per heavy atom. The van der Waals surface area contributed by atoms with Gasteiger partial charge in [-0.15, -0.1) is 0 Å². The van der Waals surface area contributed by atoms with E-state index in [1.54, 1.807) is 6.20 Å². The highest BCUT2D eigenvalue weighted by atomic mass is 16.6. The summed E-state index contributed by atoms with van der Waals surface area (Å²) in [4.78, 5) is 13.9. The molecule has 0 aliphatic carbocycles. The molecule has 1 aromatic heterocycles. The number of hydrogen-bond acceptors (Lipinski definition) is 5. The number of nitrogen functional groups attached to an aromatic ring is 1. The zero-order chi connectivity index (χ0) is 16.3. The van der Waals surface area contributed by atoms with E-state index in [0.29, 0.717) is 18.2 Å². The molecule has 0 aromatic carbocycles. The molecule has 2 rings (SSSR count). The Morgan fingerprint density at radius 2 is 2.09 bits per heavy atom. The van der Waals surface area contributed by atoms with Gasteiger partial charge in [-0.05, 0) is 39.5 Å². The molecule has 7 heteroatoms. The number of nitrogens with zero attached hydrogens (tertiary/aromatic N) is 3. The van der Waals surface area contributed by atoms with Crippen LogP contribution in [0.1, 0.15) is 33.6 Å². The molecule has 0 radical (unpaired) electrons. The molecule has 0 unspecified atom stereocenters. The van der Waals surface area contributed by atoms with Crippen LogP contribution in [-0.2, 0) is 11.8 Å². The van der Waals surface area contributed by atoms with Gasteiger partial charge in [-0.1, -0.05) is 0 Å². The zero-order valence-electron chi connectivity index (χ0n) is 13.9. The summed E-state index contributed by atoms with van der Waals surface area (Å²) in [6, 6.07) is 0. The van der Waals surface area contributed by atoms with Crippen LogP contribution in [-0.4, -0.2) is 41.1 Å². The molecule has 0 bridgehead atoms. The van der Waals surface area contributed by atoms with Crippen LogP contribution >= 0.6 is 0 Å². The van der Waals surface area contributed by atoms with Gasteiger partial charge < -0.3 is 20.7 Å². The van der Waals surface area contributed by atoms with E-state index < -0.39 is 5.60 Å². The van der Waals surface area contributed by atoms with E-state index >= 15 is 0 Å². The van der Waals surface area contributed by atoms with Crippen molar-refractivity contribution in [1.82, 2.24) is 15.1 Å². The summed E-state index contributed by atoms with van der Waals surface area (Å²) in [6.45, 7) is 8.09. The van der Waals surface area contributed by atoms with Gasteiger partial charge in [0.2, 0.25) is 0 Å². The number of amides is 1. The molecule has 124 valence electrons. The minimum Gasteiger partial charge on any atom is -0.444 e. The second-order valence-electron chi connectivity index (χ2n) is 6.86. The van der Waals surface area contributed by atoms with Crippen molar-refractivity contribution in [3.63, 3.8) is 0 Å². The first-order chi connectivity index (χ1) is 10.3. The quantitative estimate of drug-likeness (QED) is 0.888. The highest BCUT2D eigenvalue weighted by Crippen LogP contribution is 2.27. The van der Waals surface area contributed by atoms with Gasteiger partial charge in [-0.25, -0.2) is 4.79 Å². The Balaban J connectivity index is 1.77. The van der Waals surface area contributed by atoms with Crippen LogP contribution < -0.4 is 16.0 Å². The van der Waals surface area contributed by atoms with Gasteiger partial charge in [0.25, 0.3) is 0 Å². The van der Waals surface area contributed by atoms with E-state index in [2.05, 4.69) is 15.3 Å². The third-order valence-corrected chi connectivity index (χ3v) is 3.78. The maximum Gasteiger partial charge on any atom is 0.407 e. The van der Waals surface area contributed by atoms with E-state index in [1.165, 1.54) is 0 Å². The topological polar surface area (TPSA) is 85.4 Å². The van der Waals surface area contributed by atoms with Gasteiger partial charge in [0, 0.05) is 26.7 Å². The van der Waals surface area contributed by atoms with E-state index in [9.17, 15) is 4.79 Å². The molecule has 22 heavy (non-hydrogen) atoms. The number of alkyl carbamates (subject to hydrolysis) is 1. The van der Waals surface area contributed by atoms with E-state index in [1.807, 2.05) is 32.5 Å². The summed E-state index contributed by atoms with van der Waals surface area (Å²) in [5.41, 5.74) is 6.23. The van der Waals surface area contributed by atoms with E-state index in [4.69, 9.17) is 10.5 Å². The number of anilines is 2. The largest absolute Gasteiger partial charge is 0.444 e. The van der Waals surface area contributed by atoms with Crippen molar-refractivity contribution in [2.75, 3.05) is 30.3 Å². The van der Waals surface area contributed by atoms with Gasteiger partial charge in [0.15, 0.2) is 0 Å². The number of aromatic nitrogens is 2. The molecular weight excluding hydrogens is 282 g/mol. The predicted molar refractivity (Wildman–Crippen MR) is 86.8 cm³/mol. The second-order valence-corrected chi connectivity index (χ2v) is 6.86. The standard InChI is InChI=1S/C15H27N5O2/c1-15(2,3)22-14(21)17-9-11-5-7-20(8-6-11)13-12(16)10-18-19(13)4/h10-11H,5-9,16H2,1-4H3,(H,17,21). The fourth-order valence-electron chi connectivity index (χ4n) is 2.73. The van der Waals surface area contributed by atoms with Crippen molar-refractivity contribution in [2.45, 2.75) is 39.2 Å². The summed E-state index contributed by atoms with van der Waals surface area (Å²) in [7, 11) is 1.90. The summed E-state index contributed by atoms with van der Waals surface area (Å²) in [6.07, 6.45) is 3.37. The first-order valence-corrected chi connectivity index (χ1v) is 7.75. The Hall–Kier alpha value is -1.92. The number of piperidine rings is 1. The average molecular weight is 309 g/mol. The lowest BCUT2D eigenvalue weighted by Gasteiger charge is -2.33. The minimum absolute atomic E-state index is 0.342. The van der Waals surface area contributed by atoms with Gasteiger partial charge in [0.1, 0.15) is 11.4 Å². The van der Waals surface area contributed by atoms with Crippen LogP contribution in [0.5, 0.6) is 0 Å². The normalized spacial score (nSPS) is 16.6. The summed E-state index contributed by atoms with van der Waals surface area (Å²) < 4.78 is 7.07. The second kappa shape index (κ2) is 6.46. The molecule has 2 heterocycles. The fourth-order valence-corrected chi connectivity index (χ4v) is 2.73. The number of carbonyl (C=O) groups excluding carboxylic acids is 1. The molecular formula is C15H27N5O2. The van der Waals surface area contributed by atoms with Crippen molar-refractivity contribution in [2.24, 2.45) is 13.0 Å². The summed E-state index contributed by atoms with van der Waals surface area (Å²) in [5, 5.41) is 7.04. The SMILES string of the molecule is Cn1ncc(N)c1N1CCC(CNC(=O)OC(C)(C)C)CC1. The van der Waals surface area contributed by atoms with Gasteiger partial charge in [-0.2, -0.15) is 5.10 Å². The summed E-state index contributed by atoms with van der Waals surface area (Å²) in [5.74, 6) is 1.46. The molecule has 0 atom stereocenters. The van der Waals surface area contributed by atoms with E-state index in [-0.39, 0.29) is 6.09 Å². The van der Waals surface area contributed by atoms with Crippen LogP contribution in [0.2, 0.25) is 0 Å². The van der Waals surface area contributed by atoms with Gasteiger partial charge in [-0.3, -0.25) is 4.68 Å². The number of carbonyl (C=O) groups is 1. The molecule has 1 fully saturated rings. The number of nitrogens with two attached hydrogens (primary N) is 1. The van der Waals surface area contributed by atoms with E-state index in [0.717, 1.165) is 31.7 Å². The first-order valence-electron chi connectivity index (χ1n) is 7.75. The Bertz CT molecular complexity index is 493. The molecule has 1 aromatic rings. The minimum atomic E-state index is -0.454. The number of hydrogen-bond donors (Lipinski definition) is 2. The summed E-state index contributed by atoms with van der Waals surface area (Å²) >= 11 is 0. The average Bonchev–Trinajstić information content (AvgIpc) is 2.75. The lowest BCUT2D eigenvalue weighted by Crippen LogP contribution is -2.40. The highest BCUT2D eigenvalue weighted by molar-refractivity contribution is 5.67. The number of aryl methyl sites for hydroxylation is 1. The van der Waals surface area contributed by atoms with Crippen molar-refractivity contribution >= 4 is 17.6 Å². The van der Waals surface area contributed by atoms with Crippen molar-refractivity contribution in [1.29, 1.82) is 0 Å². The smallest absolute Gasteiger partial charge is 0.407 e. The third kappa shape index (κ3) is 4.29. The molecule has 3 N–H and O–H groups in total. The molecule has 1 aliphatic heterocycles. The monoisotopic (exact) mass is 309 g/mol. The maximum absolute atomic E-state index is 11.7. The maximum atomic E-state index is 11.7. The highest BCUT2D eigenvalue weighted by Gasteiger charge is 2.24. The third-order valence-electron chi connectivity index (χ3n) is 3.78. The zero-order valence-corrected chi connectivity index (χ0v) is 13.9. The molecule has 7 nitrogen and oxygen atoms in total. The molecule has 1 aliphatic rings. The fraction of sp³-hybridized carbons (Fsp3) is 0.733. The van der Waals surface area contributed by atoms with Crippen molar-refractivity contribution in [3.8, 4) is 0 Å². The van der Waals surface area contributed by atoms with Crippen LogP contribution in [0.4, 0.5) is 16.3 Å². The number of ether oxygens (including phenoxy) is 1. The Morgan fingerprint density at radius 1 is 1.45 bits per heavy atom. The van der Waals surface area contributed by atoms with Crippen LogP contribution in [0.3, 0.4) is 0 Å². The predicted octanol–water partition coefficient (Wildman–Crippen LogP) is 1.74. The Labute approximate surface area is 131 Å². The van der Waals surface area contributed by atoms with Crippen molar-refractivity contribution in [3.05, 3.63) is 6.20 Å². The lowest BCUT2D eigenvalue weighted by molar-refractivity contribution is 0.0517. The number of rotatable bonds is 3. The van der Waals surface area contributed by atoms with Crippen molar-refractivity contribution < 1.29 is 9.53 Å². The van der Waals surface area contributed by atoms with Crippen LogP contribution in [0.15, 0.2) is 6.20 Å². The first kappa shape index (κ1) is 16.5. The van der Waals surface area contributed by atoms with Crippen LogP contribution in [0.25, 0.3) is 0 Å². The molecule has 0 spiro atoms. The van der Waals surface area contributed by atoms with Gasteiger partial charge >= 0.3 is 6.09 Å². The number of nitrogens with one attached hydrogen (secondary N) is 1. The van der Waals surface area contributed by atoms with Gasteiger partial charge in [0.05, 0.1) is 11.9 Å². The van der Waals surface area contributed by atoms with Crippen LogP contribution in [0, 0.1) is 5.92 Å². The lowest BCUT2D eigenvalue weighted by atomic mass is 9.97. The molecule has 1 saturated heterocycles. The Kier molecular flexibility index (Phi) is 4.83. The molecule has 1 amide bonds. The molecule has 0 saturated carbocycles.